The lowest BCUT2D eigenvalue weighted by Crippen LogP contribution is -2.56. The molecule has 2 aromatic rings. The van der Waals surface area contributed by atoms with Crippen molar-refractivity contribution in [2.24, 2.45) is 5.41 Å². The van der Waals surface area contributed by atoms with E-state index in [0.29, 0.717) is 54.0 Å². The molecule has 0 bridgehead atoms. The molecule has 4 aliphatic rings. The largest absolute Gasteiger partial charge is 0.455 e. The van der Waals surface area contributed by atoms with Gasteiger partial charge in [0.2, 0.25) is 5.95 Å². The number of anilines is 2. The van der Waals surface area contributed by atoms with Crippen LogP contribution in [0.15, 0.2) is 16.5 Å². The molecule has 6 rings (SSSR count). The molecule has 0 aromatic carbocycles. The number of rotatable bonds is 5. The standard InChI is InChI=1S/C19H21N5O4S2/c25-17(11-5-20-29-8-11)28-13-6-24(7-13)18-22-14-1-2-30(26)15(14)16(23-18)21-12-3-19(4-12)9-27-10-19/h5,8,12-13H,1-4,6-7,9-10H2,(H,21,22,23). The molecule has 2 aromatic heterocycles. The van der Waals surface area contributed by atoms with E-state index in [1.807, 2.05) is 4.90 Å². The number of aromatic nitrogens is 3. The Labute approximate surface area is 179 Å². The monoisotopic (exact) mass is 447 g/mol. The Kier molecular flexibility index (Phi) is 4.32. The van der Waals surface area contributed by atoms with Crippen molar-refractivity contribution in [2.75, 3.05) is 42.3 Å². The molecule has 1 spiro atoms. The number of hydrogen-bond donors (Lipinski definition) is 1. The second-order valence-corrected chi connectivity index (χ2v) is 10.7. The van der Waals surface area contributed by atoms with Gasteiger partial charge in [-0.25, -0.2) is 14.2 Å². The fraction of sp³-hybridized carbons (Fsp3) is 0.579. The van der Waals surface area contributed by atoms with Gasteiger partial charge in [0.15, 0.2) is 0 Å². The molecule has 1 atom stereocenters. The Morgan fingerprint density at radius 1 is 1.33 bits per heavy atom. The fourth-order valence-electron chi connectivity index (χ4n) is 4.53. The first-order valence-electron chi connectivity index (χ1n) is 10.1. The van der Waals surface area contributed by atoms with Crippen molar-refractivity contribution in [1.82, 2.24) is 14.3 Å². The van der Waals surface area contributed by atoms with E-state index in [4.69, 9.17) is 14.5 Å². The van der Waals surface area contributed by atoms with Crippen LogP contribution in [-0.4, -0.2) is 68.7 Å². The number of ether oxygens (including phenoxy) is 2. The molecule has 1 N–H and O–H groups in total. The van der Waals surface area contributed by atoms with Crippen molar-refractivity contribution in [3.05, 3.63) is 22.8 Å². The van der Waals surface area contributed by atoms with Gasteiger partial charge in [0.05, 0.1) is 54.6 Å². The summed E-state index contributed by atoms with van der Waals surface area (Å²) in [6, 6.07) is 0.336. The van der Waals surface area contributed by atoms with Crippen LogP contribution in [0.4, 0.5) is 11.8 Å². The van der Waals surface area contributed by atoms with E-state index in [2.05, 4.69) is 14.7 Å². The second kappa shape index (κ2) is 6.96. The van der Waals surface area contributed by atoms with Gasteiger partial charge in [-0.05, 0) is 24.4 Å². The Balaban J connectivity index is 1.15. The first-order chi connectivity index (χ1) is 14.6. The predicted molar refractivity (Wildman–Crippen MR) is 110 cm³/mol. The highest BCUT2D eigenvalue weighted by Crippen LogP contribution is 2.48. The zero-order valence-corrected chi connectivity index (χ0v) is 17.8. The summed E-state index contributed by atoms with van der Waals surface area (Å²) in [6.45, 7) is 2.79. The smallest absolute Gasteiger partial charge is 0.341 e. The number of nitrogens with zero attached hydrogens (tertiary/aromatic N) is 4. The third kappa shape index (κ3) is 3.10. The maximum absolute atomic E-state index is 12.5. The van der Waals surface area contributed by atoms with Crippen molar-refractivity contribution in [2.45, 2.75) is 36.3 Å². The highest BCUT2D eigenvalue weighted by molar-refractivity contribution is 7.85. The third-order valence-electron chi connectivity index (χ3n) is 6.26. The molecule has 1 aliphatic carbocycles. The summed E-state index contributed by atoms with van der Waals surface area (Å²) in [5.74, 6) is 1.57. The van der Waals surface area contributed by atoms with Crippen molar-refractivity contribution < 1.29 is 18.5 Å². The lowest BCUT2D eigenvalue weighted by Gasteiger charge is -2.53. The number of fused-ring (bicyclic) bond motifs is 1. The number of nitrogens with one attached hydrogen (secondary N) is 1. The van der Waals surface area contributed by atoms with Crippen LogP contribution in [0.3, 0.4) is 0 Å². The van der Waals surface area contributed by atoms with Crippen LogP contribution >= 0.6 is 11.5 Å². The van der Waals surface area contributed by atoms with Crippen LogP contribution < -0.4 is 10.2 Å². The van der Waals surface area contributed by atoms with E-state index >= 15 is 0 Å². The average molecular weight is 448 g/mol. The Bertz CT molecular complexity index is 1010. The van der Waals surface area contributed by atoms with E-state index in [9.17, 15) is 9.00 Å². The highest BCUT2D eigenvalue weighted by atomic mass is 32.2. The van der Waals surface area contributed by atoms with Crippen LogP contribution in [0.1, 0.15) is 28.9 Å². The molecule has 3 aliphatic heterocycles. The SMILES string of the molecule is O=C(OC1CN(c2nc3c(c(NC4CC5(COC5)C4)n2)S(=O)CC3)C1)c1cnsc1. The number of carbonyl (C=O) groups is 1. The lowest BCUT2D eigenvalue weighted by atomic mass is 9.64. The van der Waals surface area contributed by atoms with E-state index in [0.717, 1.165) is 36.6 Å². The molecule has 0 radical (unpaired) electrons. The van der Waals surface area contributed by atoms with E-state index in [-0.39, 0.29) is 12.1 Å². The molecule has 1 unspecified atom stereocenters. The fourth-order valence-corrected chi connectivity index (χ4v) is 6.35. The molecule has 158 valence electrons. The van der Waals surface area contributed by atoms with Gasteiger partial charge < -0.3 is 19.7 Å². The first kappa shape index (κ1) is 18.6. The van der Waals surface area contributed by atoms with Gasteiger partial charge in [-0.2, -0.15) is 4.98 Å². The zero-order chi connectivity index (χ0) is 20.3. The lowest BCUT2D eigenvalue weighted by molar-refractivity contribution is -0.159. The molecule has 30 heavy (non-hydrogen) atoms. The van der Waals surface area contributed by atoms with Crippen LogP contribution in [0, 0.1) is 5.41 Å². The van der Waals surface area contributed by atoms with E-state index in [1.165, 1.54) is 17.7 Å². The first-order valence-corrected chi connectivity index (χ1v) is 12.2. The predicted octanol–water partition coefficient (Wildman–Crippen LogP) is 1.23. The zero-order valence-electron chi connectivity index (χ0n) is 16.2. The van der Waals surface area contributed by atoms with Crippen molar-refractivity contribution in [3.8, 4) is 0 Å². The maximum atomic E-state index is 12.5. The van der Waals surface area contributed by atoms with Gasteiger partial charge in [0.1, 0.15) is 16.8 Å². The molecule has 5 heterocycles. The van der Waals surface area contributed by atoms with Crippen molar-refractivity contribution in [1.29, 1.82) is 0 Å². The highest BCUT2D eigenvalue weighted by Gasteiger charge is 2.50. The minimum absolute atomic E-state index is 0.190. The summed E-state index contributed by atoms with van der Waals surface area (Å²) in [6.07, 6.45) is 4.15. The molecule has 2 saturated heterocycles. The number of carbonyl (C=O) groups excluding carboxylic acids is 1. The molecule has 3 fully saturated rings. The van der Waals surface area contributed by atoms with Crippen LogP contribution in [0.25, 0.3) is 0 Å². The van der Waals surface area contributed by atoms with Gasteiger partial charge >= 0.3 is 5.97 Å². The van der Waals surface area contributed by atoms with Crippen LogP contribution in [0.2, 0.25) is 0 Å². The van der Waals surface area contributed by atoms with Gasteiger partial charge in [-0.3, -0.25) is 4.21 Å². The third-order valence-corrected chi connectivity index (χ3v) is 8.31. The quantitative estimate of drug-likeness (QED) is 0.677. The van der Waals surface area contributed by atoms with Gasteiger partial charge in [0, 0.05) is 29.0 Å². The summed E-state index contributed by atoms with van der Waals surface area (Å²) in [5.41, 5.74) is 1.70. The van der Waals surface area contributed by atoms with E-state index < -0.39 is 10.8 Å². The van der Waals surface area contributed by atoms with Crippen LogP contribution in [0.5, 0.6) is 0 Å². The van der Waals surface area contributed by atoms with Gasteiger partial charge in [-0.15, -0.1) is 0 Å². The molecular formula is C19H21N5O4S2. The molecule has 9 nitrogen and oxygen atoms in total. The Hall–Kier alpha value is -2.11. The minimum atomic E-state index is -1.05. The summed E-state index contributed by atoms with van der Waals surface area (Å²) in [5, 5.41) is 5.20. The normalized spacial score (nSPS) is 24.7. The summed E-state index contributed by atoms with van der Waals surface area (Å²) >= 11 is 1.23. The Morgan fingerprint density at radius 3 is 2.87 bits per heavy atom. The second-order valence-electron chi connectivity index (χ2n) is 8.54. The van der Waals surface area contributed by atoms with Gasteiger partial charge in [-0.1, -0.05) is 0 Å². The number of hydrogen-bond acceptors (Lipinski definition) is 10. The number of aryl methyl sites for hydroxylation is 1. The van der Waals surface area contributed by atoms with E-state index in [1.54, 1.807) is 5.38 Å². The molecule has 11 heteroatoms. The van der Waals surface area contributed by atoms with Crippen molar-refractivity contribution >= 4 is 40.1 Å². The maximum Gasteiger partial charge on any atom is 0.341 e. The van der Waals surface area contributed by atoms with Gasteiger partial charge in [0.25, 0.3) is 0 Å². The summed E-state index contributed by atoms with van der Waals surface area (Å²) in [4.78, 5) is 24.2. The number of esters is 1. The van der Waals surface area contributed by atoms with Crippen molar-refractivity contribution in [3.63, 3.8) is 0 Å². The summed E-state index contributed by atoms with van der Waals surface area (Å²) < 4.78 is 27.3. The molecule has 0 amide bonds. The molecule has 1 saturated carbocycles. The molecular weight excluding hydrogens is 426 g/mol. The Morgan fingerprint density at radius 2 is 2.17 bits per heavy atom. The van der Waals surface area contributed by atoms with Crippen LogP contribution in [-0.2, 0) is 26.7 Å². The minimum Gasteiger partial charge on any atom is -0.455 e. The summed E-state index contributed by atoms with van der Waals surface area (Å²) in [7, 11) is -1.05. The average Bonchev–Trinajstić information content (AvgIpc) is 3.29. The topological polar surface area (TPSA) is 107 Å².